The van der Waals surface area contributed by atoms with Crippen LogP contribution in [0.15, 0.2) is 36.7 Å². The van der Waals surface area contributed by atoms with E-state index in [2.05, 4.69) is 15.3 Å². The highest BCUT2D eigenvalue weighted by molar-refractivity contribution is 7.91. The van der Waals surface area contributed by atoms with Crippen LogP contribution in [-0.4, -0.2) is 48.4 Å². The molecule has 1 N–H and O–H groups in total. The summed E-state index contributed by atoms with van der Waals surface area (Å²) < 4.78 is 23.4. The Morgan fingerprint density at radius 1 is 1.37 bits per heavy atom. The number of rotatable bonds is 5. The Morgan fingerprint density at radius 2 is 2.19 bits per heavy atom. The van der Waals surface area contributed by atoms with Gasteiger partial charge in [-0.05, 0) is 31.5 Å². The van der Waals surface area contributed by atoms with Gasteiger partial charge in [0.2, 0.25) is 0 Å². The predicted octanol–water partition coefficient (Wildman–Crippen LogP) is 1.61. The van der Waals surface area contributed by atoms with Crippen molar-refractivity contribution >= 4 is 27.2 Å². The van der Waals surface area contributed by atoms with Crippen LogP contribution in [0.4, 0.5) is 11.5 Å². The molecule has 1 aliphatic rings. The fourth-order valence-electron chi connectivity index (χ4n) is 3.08. The van der Waals surface area contributed by atoms with Gasteiger partial charge in [0.15, 0.2) is 9.84 Å². The van der Waals surface area contributed by atoms with E-state index < -0.39 is 15.7 Å². The van der Waals surface area contributed by atoms with Crippen molar-refractivity contribution in [2.75, 3.05) is 28.3 Å². The Labute approximate surface area is 157 Å². The first-order chi connectivity index (χ1) is 12.9. The number of hydrogen-bond acceptors (Lipinski definition) is 7. The zero-order chi connectivity index (χ0) is 19.4. The fourth-order valence-corrected chi connectivity index (χ4v) is 4.81. The molecule has 140 valence electrons. The number of amides is 1. The van der Waals surface area contributed by atoms with Gasteiger partial charge in [-0.25, -0.2) is 18.4 Å². The molecule has 0 radical (unpaired) electrons. The van der Waals surface area contributed by atoms with Crippen LogP contribution in [-0.2, 0) is 9.84 Å². The molecule has 0 saturated carbocycles. The van der Waals surface area contributed by atoms with E-state index >= 15 is 0 Å². The van der Waals surface area contributed by atoms with Crippen LogP contribution in [0, 0.1) is 11.3 Å². The van der Waals surface area contributed by atoms with Gasteiger partial charge in [0.05, 0.1) is 35.5 Å². The molecule has 27 heavy (non-hydrogen) atoms. The summed E-state index contributed by atoms with van der Waals surface area (Å²) in [5, 5.41) is 11.6. The molecule has 1 fully saturated rings. The molecule has 0 bridgehead atoms. The first-order valence-electron chi connectivity index (χ1n) is 8.52. The summed E-state index contributed by atoms with van der Waals surface area (Å²) in [7, 11) is -3.00. The molecule has 0 spiro atoms. The smallest absolute Gasteiger partial charge is 0.275 e. The van der Waals surface area contributed by atoms with Gasteiger partial charge in [-0.3, -0.25) is 4.79 Å². The second-order valence-corrected chi connectivity index (χ2v) is 8.48. The summed E-state index contributed by atoms with van der Waals surface area (Å²) in [5.41, 5.74) is 1.08. The van der Waals surface area contributed by atoms with Crippen molar-refractivity contribution in [1.29, 1.82) is 5.26 Å². The topological polar surface area (TPSA) is 116 Å². The summed E-state index contributed by atoms with van der Waals surface area (Å²) in [6, 6.07) is 8.46. The molecule has 1 amide bonds. The summed E-state index contributed by atoms with van der Waals surface area (Å²) >= 11 is 0. The maximum absolute atomic E-state index is 12.3. The zero-order valence-corrected chi connectivity index (χ0v) is 15.6. The SMILES string of the molecule is CCN(c1cnc(C(=O)Nc2cccc(C#N)c2)cn1)C1CCS(=O)(=O)C1. The normalized spacial score (nSPS) is 17.9. The molecular weight excluding hydrogens is 366 g/mol. The molecule has 0 aliphatic carbocycles. The van der Waals surface area contributed by atoms with Gasteiger partial charge in [0.25, 0.3) is 5.91 Å². The van der Waals surface area contributed by atoms with E-state index in [0.717, 1.165) is 0 Å². The lowest BCUT2D eigenvalue weighted by molar-refractivity contribution is 0.102. The Kier molecular flexibility index (Phi) is 5.37. The molecule has 1 aromatic carbocycles. The predicted molar refractivity (Wildman–Crippen MR) is 101 cm³/mol. The second kappa shape index (κ2) is 7.72. The van der Waals surface area contributed by atoms with E-state index in [1.165, 1.54) is 12.4 Å². The summed E-state index contributed by atoms with van der Waals surface area (Å²) in [6.45, 7) is 2.52. The van der Waals surface area contributed by atoms with Crippen LogP contribution >= 0.6 is 0 Å². The molecule has 2 heterocycles. The molecule has 8 nitrogen and oxygen atoms in total. The maximum Gasteiger partial charge on any atom is 0.275 e. The summed E-state index contributed by atoms with van der Waals surface area (Å²) in [4.78, 5) is 22.7. The molecule has 9 heteroatoms. The van der Waals surface area contributed by atoms with E-state index in [4.69, 9.17) is 5.26 Å². The Bertz CT molecular complexity index is 983. The Hall–Kier alpha value is -2.99. The molecule has 1 saturated heterocycles. The number of carbonyl (C=O) groups is 1. The Balaban J connectivity index is 1.72. The highest BCUT2D eigenvalue weighted by Gasteiger charge is 2.32. The third-order valence-electron chi connectivity index (χ3n) is 4.40. The van der Waals surface area contributed by atoms with Crippen LogP contribution in [0.1, 0.15) is 29.4 Å². The number of nitrogens with zero attached hydrogens (tertiary/aromatic N) is 4. The van der Waals surface area contributed by atoms with Crippen molar-refractivity contribution in [2.24, 2.45) is 0 Å². The van der Waals surface area contributed by atoms with Gasteiger partial charge in [-0.15, -0.1) is 0 Å². The summed E-state index contributed by atoms with van der Waals surface area (Å²) in [5.74, 6) is 0.405. The van der Waals surface area contributed by atoms with E-state index in [0.29, 0.717) is 30.0 Å². The fraction of sp³-hybridized carbons (Fsp3) is 0.333. The van der Waals surface area contributed by atoms with E-state index in [-0.39, 0.29) is 23.2 Å². The molecule has 3 rings (SSSR count). The molecule has 1 unspecified atom stereocenters. The monoisotopic (exact) mass is 385 g/mol. The van der Waals surface area contributed by atoms with Crippen LogP contribution in [0.3, 0.4) is 0 Å². The third-order valence-corrected chi connectivity index (χ3v) is 6.15. The standard InChI is InChI=1S/C18H19N5O3S/c1-2-23(15-6-7-27(25,26)12-15)17-11-20-16(10-21-17)18(24)22-14-5-3-4-13(8-14)9-19/h3-5,8,10-11,15H,2,6-7,12H2,1H3,(H,22,24). The first-order valence-corrected chi connectivity index (χ1v) is 10.3. The van der Waals surface area contributed by atoms with Crippen LogP contribution in [0.25, 0.3) is 0 Å². The summed E-state index contributed by atoms with van der Waals surface area (Å²) in [6.07, 6.45) is 3.41. The van der Waals surface area contributed by atoms with Gasteiger partial charge in [-0.1, -0.05) is 6.07 Å². The lowest BCUT2D eigenvalue weighted by Crippen LogP contribution is -2.36. The number of benzene rings is 1. The average molecular weight is 385 g/mol. The number of carbonyl (C=O) groups excluding carboxylic acids is 1. The number of nitriles is 1. The third kappa shape index (κ3) is 4.41. The molecule has 2 aromatic rings. The number of anilines is 2. The zero-order valence-electron chi connectivity index (χ0n) is 14.8. The van der Waals surface area contributed by atoms with E-state index in [9.17, 15) is 13.2 Å². The average Bonchev–Trinajstić information content (AvgIpc) is 3.02. The largest absolute Gasteiger partial charge is 0.352 e. The number of sulfone groups is 1. The lowest BCUT2D eigenvalue weighted by atomic mass is 10.2. The van der Waals surface area contributed by atoms with E-state index in [1.807, 2.05) is 17.9 Å². The molecule has 1 aromatic heterocycles. The Morgan fingerprint density at radius 3 is 2.78 bits per heavy atom. The number of hydrogen-bond donors (Lipinski definition) is 1. The van der Waals surface area contributed by atoms with Gasteiger partial charge < -0.3 is 10.2 Å². The quantitative estimate of drug-likeness (QED) is 0.831. The minimum absolute atomic E-state index is 0.111. The number of aromatic nitrogens is 2. The van der Waals surface area contributed by atoms with Gasteiger partial charge in [0, 0.05) is 18.3 Å². The van der Waals surface area contributed by atoms with Gasteiger partial charge in [-0.2, -0.15) is 5.26 Å². The highest BCUT2D eigenvalue weighted by Crippen LogP contribution is 2.22. The van der Waals surface area contributed by atoms with Crippen molar-refractivity contribution in [3.05, 3.63) is 47.9 Å². The maximum atomic E-state index is 12.3. The highest BCUT2D eigenvalue weighted by atomic mass is 32.2. The first kappa shape index (κ1) is 18.8. The molecular formula is C18H19N5O3S. The van der Waals surface area contributed by atoms with Crippen LogP contribution in [0.5, 0.6) is 0 Å². The van der Waals surface area contributed by atoms with E-state index in [1.54, 1.807) is 24.3 Å². The van der Waals surface area contributed by atoms with Crippen molar-refractivity contribution < 1.29 is 13.2 Å². The van der Waals surface area contributed by atoms with Gasteiger partial charge >= 0.3 is 0 Å². The van der Waals surface area contributed by atoms with Crippen molar-refractivity contribution in [2.45, 2.75) is 19.4 Å². The van der Waals surface area contributed by atoms with Crippen LogP contribution in [0.2, 0.25) is 0 Å². The molecule has 1 atom stereocenters. The van der Waals surface area contributed by atoms with Gasteiger partial charge in [0.1, 0.15) is 11.5 Å². The van der Waals surface area contributed by atoms with Crippen molar-refractivity contribution in [1.82, 2.24) is 9.97 Å². The van der Waals surface area contributed by atoms with Crippen molar-refractivity contribution in [3.8, 4) is 6.07 Å². The minimum atomic E-state index is -3.00. The van der Waals surface area contributed by atoms with Crippen LogP contribution < -0.4 is 10.2 Å². The number of nitrogens with one attached hydrogen (secondary N) is 1. The second-order valence-electron chi connectivity index (χ2n) is 6.25. The minimum Gasteiger partial charge on any atom is -0.352 e. The lowest BCUT2D eigenvalue weighted by Gasteiger charge is -2.27. The molecule has 1 aliphatic heterocycles. The van der Waals surface area contributed by atoms with Crippen molar-refractivity contribution in [3.63, 3.8) is 0 Å².